The molecule has 0 aliphatic rings. The summed E-state index contributed by atoms with van der Waals surface area (Å²) in [7, 11) is 1.40. The topological polar surface area (TPSA) is 97.7 Å². The van der Waals surface area contributed by atoms with Crippen molar-refractivity contribution < 1.29 is 9.53 Å². The van der Waals surface area contributed by atoms with Crippen molar-refractivity contribution in [2.45, 2.75) is 13.5 Å². The highest BCUT2D eigenvalue weighted by molar-refractivity contribution is 5.91. The van der Waals surface area contributed by atoms with Gasteiger partial charge in [0, 0.05) is 29.9 Å². The van der Waals surface area contributed by atoms with Gasteiger partial charge in [-0.25, -0.2) is 26.5 Å². The zero-order valence-corrected chi connectivity index (χ0v) is 13.6. The number of urea groups is 1. The molecule has 0 atom stereocenters. The second-order valence-electron chi connectivity index (χ2n) is 5.12. The van der Waals surface area contributed by atoms with E-state index in [-0.39, 0.29) is 6.61 Å². The first-order valence-electron chi connectivity index (χ1n) is 7.16. The Balaban J connectivity index is 2.33. The smallest absolute Gasteiger partial charge is 0.352 e. The van der Waals surface area contributed by atoms with Gasteiger partial charge in [-0.1, -0.05) is 18.1 Å². The number of hydrogen-bond donors (Lipinski definition) is 2. The summed E-state index contributed by atoms with van der Waals surface area (Å²) in [6.45, 7) is 1.98. The maximum Gasteiger partial charge on any atom is 0.352 e. The van der Waals surface area contributed by atoms with Crippen LogP contribution in [0.4, 0.5) is 10.5 Å². The number of aromatic nitrogens is 1. The molecular weight excluding hydrogens is 306 g/mol. The number of carbonyl (C=O) groups is 1. The lowest BCUT2D eigenvalue weighted by Gasteiger charge is -2.23. The SMILES string of the molecule is C#Cc1cccc(N(N)C(=O)N(C)N)c1COc1cccc(C)n1. The molecule has 0 saturated heterocycles. The normalized spacial score (nSPS) is 9.96. The molecule has 0 aliphatic heterocycles. The number of rotatable bonds is 4. The predicted molar refractivity (Wildman–Crippen MR) is 91.7 cm³/mol. The van der Waals surface area contributed by atoms with E-state index in [1.54, 1.807) is 24.3 Å². The molecule has 0 bridgehead atoms. The van der Waals surface area contributed by atoms with Gasteiger partial charge in [0.25, 0.3) is 0 Å². The predicted octanol–water partition coefficient (Wildman–Crippen LogP) is 1.56. The van der Waals surface area contributed by atoms with Gasteiger partial charge >= 0.3 is 6.03 Å². The number of terminal acetylenes is 1. The van der Waals surface area contributed by atoms with Crippen LogP contribution >= 0.6 is 0 Å². The summed E-state index contributed by atoms with van der Waals surface area (Å²) in [5.41, 5.74) is 2.42. The molecule has 1 heterocycles. The minimum atomic E-state index is -0.584. The molecule has 0 spiro atoms. The molecule has 2 amide bonds. The van der Waals surface area contributed by atoms with Crippen LogP contribution in [0.2, 0.25) is 0 Å². The van der Waals surface area contributed by atoms with Crippen molar-refractivity contribution in [2.75, 3.05) is 12.1 Å². The number of hydrogen-bond acceptors (Lipinski definition) is 5. The summed E-state index contributed by atoms with van der Waals surface area (Å²) in [6, 6.07) is 9.99. The Bertz CT molecular complexity index is 783. The number of benzene rings is 1. The van der Waals surface area contributed by atoms with E-state index in [4.69, 9.17) is 22.8 Å². The molecule has 0 aliphatic carbocycles. The average Bonchev–Trinajstić information content (AvgIpc) is 2.58. The lowest BCUT2D eigenvalue weighted by atomic mass is 10.1. The van der Waals surface area contributed by atoms with E-state index in [2.05, 4.69) is 10.9 Å². The van der Waals surface area contributed by atoms with E-state index in [0.29, 0.717) is 22.7 Å². The van der Waals surface area contributed by atoms with Crippen molar-refractivity contribution >= 4 is 11.7 Å². The van der Waals surface area contributed by atoms with Crippen molar-refractivity contribution in [3.63, 3.8) is 0 Å². The molecule has 7 heteroatoms. The van der Waals surface area contributed by atoms with Gasteiger partial charge in [-0.2, -0.15) is 0 Å². The maximum absolute atomic E-state index is 12.0. The Kier molecular flexibility index (Phi) is 5.37. The van der Waals surface area contributed by atoms with E-state index in [1.807, 2.05) is 19.1 Å². The van der Waals surface area contributed by atoms with E-state index >= 15 is 0 Å². The quantitative estimate of drug-likeness (QED) is 0.385. The molecule has 7 nitrogen and oxygen atoms in total. The van der Waals surface area contributed by atoms with E-state index in [0.717, 1.165) is 15.7 Å². The van der Waals surface area contributed by atoms with Gasteiger partial charge in [0.15, 0.2) is 0 Å². The highest BCUT2D eigenvalue weighted by Gasteiger charge is 2.19. The molecule has 124 valence electrons. The molecular formula is C17H19N5O2. The Morgan fingerprint density at radius 2 is 2.00 bits per heavy atom. The van der Waals surface area contributed by atoms with Crippen molar-refractivity contribution in [3.8, 4) is 18.2 Å². The van der Waals surface area contributed by atoms with Crippen LogP contribution in [0.25, 0.3) is 0 Å². The highest BCUT2D eigenvalue weighted by Crippen LogP contribution is 2.24. The van der Waals surface area contributed by atoms with Gasteiger partial charge < -0.3 is 4.74 Å². The molecule has 24 heavy (non-hydrogen) atoms. The third-order valence-electron chi connectivity index (χ3n) is 3.30. The second kappa shape index (κ2) is 7.46. The molecule has 0 fully saturated rings. The van der Waals surface area contributed by atoms with Gasteiger partial charge in [-0.05, 0) is 25.1 Å². The fourth-order valence-corrected chi connectivity index (χ4v) is 2.10. The fraction of sp³-hybridized carbons (Fsp3) is 0.176. The molecule has 2 rings (SSSR count). The second-order valence-corrected chi connectivity index (χ2v) is 5.12. The molecule has 1 aromatic heterocycles. The van der Waals surface area contributed by atoms with E-state index in [9.17, 15) is 4.79 Å². The van der Waals surface area contributed by atoms with Crippen LogP contribution in [0.3, 0.4) is 0 Å². The molecule has 0 saturated carbocycles. The number of carbonyl (C=O) groups excluding carboxylic acids is 1. The first kappa shape index (κ1) is 17.3. The van der Waals surface area contributed by atoms with Crippen molar-refractivity contribution in [3.05, 3.63) is 53.2 Å². The molecule has 0 unspecified atom stereocenters. The van der Waals surface area contributed by atoms with Crippen LogP contribution in [0.5, 0.6) is 5.88 Å². The minimum absolute atomic E-state index is 0.113. The van der Waals surface area contributed by atoms with Crippen LogP contribution in [-0.2, 0) is 6.61 Å². The number of nitrogens with zero attached hydrogens (tertiary/aromatic N) is 3. The third kappa shape index (κ3) is 3.81. The van der Waals surface area contributed by atoms with Crippen molar-refractivity contribution in [2.24, 2.45) is 11.7 Å². The first-order chi connectivity index (χ1) is 11.4. The summed E-state index contributed by atoms with van der Waals surface area (Å²) in [6.07, 6.45) is 5.55. The van der Waals surface area contributed by atoms with Gasteiger partial charge in [-0.3, -0.25) is 5.01 Å². The first-order valence-corrected chi connectivity index (χ1v) is 7.16. The minimum Gasteiger partial charge on any atom is -0.473 e. The number of amides is 2. The summed E-state index contributed by atoms with van der Waals surface area (Å²) in [4.78, 5) is 16.3. The number of hydrazine groups is 2. The van der Waals surface area contributed by atoms with Crippen LogP contribution in [0, 0.1) is 19.3 Å². The molecule has 0 radical (unpaired) electrons. The standard InChI is InChI=1S/C17H19N5O2/c1-4-13-8-6-9-15(22(19)17(23)21(3)18)14(13)11-24-16-10-5-7-12(2)20-16/h1,5-10H,11,18-19H2,2-3H3. The lowest BCUT2D eigenvalue weighted by Crippen LogP contribution is -2.49. The summed E-state index contributed by atoms with van der Waals surface area (Å²) in [5, 5.41) is 1.82. The Morgan fingerprint density at radius 1 is 1.29 bits per heavy atom. The molecule has 2 aromatic rings. The van der Waals surface area contributed by atoms with E-state index < -0.39 is 6.03 Å². The molecule has 4 N–H and O–H groups in total. The lowest BCUT2D eigenvalue weighted by molar-refractivity contribution is 0.216. The number of ether oxygens (including phenoxy) is 1. The number of aryl methyl sites for hydroxylation is 1. The van der Waals surface area contributed by atoms with Crippen molar-refractivity contribution in [1.82, 2.24) is 9.99 Å². The monoisotopic (exact) mass is 325 g/mol. The van der Waals surface area contributed by atoms with Crippen LogP contribution in [0.1, 0.15) is 16.8 Å². The Hall–Kier alpha value is -3.08. The fourth-order valence-electron chi connectivity index (χ4n) is 2.10. The Labute approximate surface area is 140 Å². The largest absolute Gasteiger partial charge is 0.473 e. The number of pyridine rings is 1. The average molecular weight is 325 g/mol. The third-order valence-corrected chi connectivity index (χ3v) is 3.30. The van der Waals surface area contributed by atoms with Gasteiger partial charge in [0.1, 0.15) is 6.61 Å². The Morgan fingerprint density at radius 3 is 2.62 bits per heavy atom. The summed E-state index contributed by atoms with van der Waals surface area (Å²) in [5.74, 6) is 14.4. The highest BCUT2D eigenvalue weighted by atomic mass is 16.5. The van der Waals surface area contributed by atoms with Crippen LogP contribution < -0.4 is 21.4 Å². The summed E-state index contributed by atoms with van der Waals surface area (Å²) < 4.78 is 5.70. The molecule has 1 aromatic carbocycles. The number of nitrogens with two attached hydrogens (primary N) is 2. The maximum atomic E-state index is 12.0. The zero-order valence-electron chi connectivity index (χ0n) is 13.6. The van der Waals surface area contributed by atoms with Gasteiger partial charge in [-0.15, -0.1) is 6.42 Å². The zero-order chi connectivity index (χ0) is 17.7. The van der Waals surface area contributed by atoms with Crippen LogP contribution in [-0.4, -0.2) is 23.1 Å². The van der Waals surface area contributed by atoms with Crippen molar-refractivity contribution in [1.29, 1.82) is 0 Å². The summed E-state index contributed by atoms with van der Waals surface area (Å²) >= 11 is 0. The number of anilines is 1. The van der Waals surface area contributed by atoms with Gasteiger partial charge in [0.05, 0.1) is 5.69 Å². The van der Waals surface area contributed by atoms with Crippen LogP contribution in [0.15, 0.2) is 36.4 Å². The van der Waals surface area contributed by atoms with E-state index in [1.165, 1.54) is 7.05 Å². The van der Waals surface area contributed by atoms with Gasteiger partial charge in [0.2, 0.25) is 5.88 Å².